The zero-order valence-electron chi connectivity index (χ0n) is 24.6. The third kappa shape index (κ3) is 5.49. The van der Waals surface area contributed by atoms with Crippen molar-refractivity contribution in [3.63, 3.8) is 0 Å². The van der Waals surface area contributed by atoms with Gasteiger partial charge in [-0.05, 0) is 69.9 Å². The average Bonchev–Trinajstić information content (AvgIpc) is 3.01. The molecule has 0 radical (unpaired) electrons. The Morgan fingerprint density at radius 3 is 2.51 bits per heavy atom. The summed E-state index contributed by atoms with van der Waals surface area (Å²) in [5.41, 5.74) is 0.294. The molecule has 0 aromatic rings. The fourth-order valence-electron chi connectivity index (χ4n) is 9.35. The third-order valence-electron chi connectivity index (χ3n) is 11.5. The van der Waals surface area contributed by atoms with Crippen LogP contribution in [0.2, 0.25) is 0 Å². The van der Waals surface area contributed by atoms with Crippen LogP contribution < -0.4 is 5.32 Å². The molecule has 0 aromatic carbocycles. The predicted octanol–water partition coefficient (Wildman–Crippen LogP) is 2.91. The number of hydrogen-bond acceptors (Lipinski definition) is 7. The number of hydrogen-bond donors (Lipinski definition) is 1. The van der Waals surface area contributed by atoms with Crippen molar-refractivity contribution in [2.75, 3.05) is 52.5 Å². The lowest BCUT2D eigenvalue weighted by molar-refractivity contribution is -0.208. The second-order valence-electron chi connectivity index (χ2n) is 13.8. The Labute approximate surface area is 244 Å². The van der Waals surface area contributed by atoms with Gasteiger partial charge in [-0.1, -0.05) is 25.7 Å². The van der Waals surface area contributed by atoms with Crippen LogP contribution in [0.5, 0.6) is 0 Å². The molecule has 4 aliphatic heterocycles. The van der Waals surface area contributed by atoms with Crippen LogP contribution in [0.1, 0.15) is 70.6 Å². The number of fused-ring (bicyclic) bond motifs is 3. The van der Waals surface area contributed by atoms with Gasteiger partial charge in [-0.25, -0.2) is 4.39 Å². The lowest BCUT2D eigenvalue weighted by Crippen LogP contribution is -2.73. The van der Waals surface area contributed by atoms with Gasteiger partial charge in [-0.3, -0.25) is 14.5 Å². The standard InChI is InChI=1S/C32H49FN4O4/c33-25-19-23-29-31(28(25)34-9-6-10-35-13-15-40-16-14-35)41-27-18-22-8-3-2-7-21(22)17-26(27)37(29)20-24(30(23)38)32(39)36-11-4-1-5-12-36/h20-23,25-29,31,34H,1-19H2. The SMILES string of the molecule is O=C1C(C(=O)N2CCCCC2)=CN2C3CC4CCCCC4CC3OC3C(NCCCN4CCOCC4)C(F)CC1C32. The Morgan fingerprint density at radius 2 is 1.73 bits per heavy atom. The van der Waals surface area contributed by atoms with Gasteiger partial charge in [0.25, 0.3) is 5.91 Å². The van der Waals surface area contributed by atoms with Crippen LogP contribution in [0.25, 0.3) is 0 Å². The number of alkyl halides is 1. The summed E-state index contributed by atoms with van der Waals surface area (Å²) in [4.78, 5) is 34.3. The predicted molar refractivity (Wildman–Crippen MR) is 153 cm³/mol. The molecule has 7 aliphatic rings. The average molecular weight is 573 g/mol. The lowest BCUT2D eigenvalue weighted by atomic mass is 9.65. The normalized spacial score (nSPS) is 41.2. The number of carbonyl (C=O) groups excluding carboxylic acids is 2. The number of morpholine rings is 2. The maximum Gasteiger partial charge on any atom is 0.258 e. The first-order valence-electron chi connectivity index (χ1n) is 16.7. The summed E-state index contributed by atoms with van der Waals surface area (Å²) >= 11 is 0. The monoisotopic (exact) mass is 572 g/mol. The number of Topliss-reactive ketones (excluding diaryl/α,β-unsaturated/α-hetero) is 1. The summed E-state index contributed by atoms with van der Waals surface area (Å²) in [6.45, 7) is 6.59. The minimum absolute atomic E-state index is 0.0231. The maximum absolute atomic E-state index is 16.1. The first-order valence-corrected chi connectivity index (χ1v) is 16.7. The highest BCUT2D eigenvalue weighted by atomic mass is 19.1. The van der Waals surface area contributed by atoms with Crippen LogP contribution in [0.15, 0.2) is 11.8 Å². The Hall–Kier alpha value is -1.55. The Morgan fingerprint density at radius 1 is 0.976 bits per heavy atom. The van der Waals surface area contributed by atoms with Gasteiger partial charge in [0.2, 0.25) is 0 Å². The molecule has 3 saturated carbocycles. The summed E-state index contributed by atoms with van der Waals surface area (Å²) in [5.74, 6) is 0.529. The summed E-state index contributed by atoms with van der Waals surface area (Å²) in [5, 5.41) is 3.56. The van der Waals surface area contributed by atoms with Crippen molar-refractivity contribution < 1.29 is 23.5 Å². The first-order chi connectivity index (χ1) is 20.1. The Kier molecular flexibility index (Phi) is 8.41. The van der Waals surface area contributed by atoms with E-state index in [-0.39, 0.29) is 42.4 Å². The Balaban J connectivity index is 1.14. The molecule has 228 valence electrons. The van der Waals surface area contributed by atoms with E-state index >= 15 is 4.39 Å². The molecule has 6 fully saturated rings. The van der Waals surface area contributed by atoms with Gasteiger partial charge in [-0.2, -0.15) is 0 Å². The van der Waals surface area contributed by atoms with E-state index in [1.807, 2.05) is 11.1 Å². The second kappa shape index (κ2) is 12.2. The Bertz CT molecular complexity index is 998. The van der Waals surface area contributed by atoms with Gasteiger partial charge >= 0.3 is 0 Å². The van der Waals surface area contributed by atoms with Gasteiger partial charge in [0.1, 0.15) is 6.17 Å². The smallest absolute Gasteiger partial charge is 0.258 e. The lowest BCUT2D eigenvalue weighted by Gasteiger charge is -2.61. The van der Waals surface area contributed by atoms with Crippen molar-refractivity contribution in [3.8, 4) is 0 Å². The van der Waals surface area contributed by atoms with E-state index in [2.05, 4.69) is 15.1 Å². The van der Waals surface area contributed by atoms with Crippen LogP contribution in [-0.4, -0.2) is 115 Å². The van der Waals surface area contributed by atoms with Gasteiger partial charge in [0.05, 0.1) is 49.1 Å². The van der Waals surface area contributed by atoms with E-state index in [9.17, 15) is 9.59 Å². The highest BCUT2D eigenvalue weighted by molar-refractivity contribution is 6.20. The number of halogens is 1. The second-order valence-corrected chi connectivity index (χ2v) is 13.8. The molecule has 0 bridgehead atoms. The summed E-state index contributed by atoms with van der Waals surface area (Å²) in [7, 11) is 0. The van der Waals surface area contributed by atoms with Crippen LogP contribution in [0, 0.1) is 17.8 Å². The minimum atomic E-state index is -1.18. The fraction of sp³-hybridized carbons (Fsp3) is 0.875. The molecular formula is C32H49FN4O4. The topological polar surface area (TPSA) is 74.4 Å². The van der Waals surface area contributed by atoms with Gasteiger partial charge in [-0.15, -0.1) is 0 Å². The van der Waals surface area contributed by atoms with Crippen molar-refractivity contribution in [1.82, 2.24) is 20.0 Å². The van der Waals surface area contributed by atoms with Crippen LogP contribution in [0.4, 0.5) is 4.39 Å². The fourth-order valence-corrected chi connectivity index (χ4v) is 9.35. The number of carbonyl (C=O) groups is 2. The van der Waals surface area contributed by atoms with Crippen LogP contribution in [0.3, 0.4) is 0 Å². The van der Waals surface area contributed by atoms with Crippen molar-refractivity contribution in [1.29, 1.82) is 0 Å². The zero-order chi connectivity index (χ0) is 27.9. The number of amides is 1. The van der Waals surface area contributed by atoms with Gasteiger partial charge in [0, 0.05) is 38.3 Å². The van der Waals surface area contributed by atoms with E-state index in [1.165, 1.54) is 25.7 Å². The molecule has 7 rings (SSSR count). The molecule has 0 aromatic heterocycles. The molecule has 1 amide bonds. The number of ether oxygens (including phenoxy) is 2. The molecule has 0 spiro atoms. The van der Waals surface area contributed by atoms with E-state index < -0.39 is 18.1 Å². The first kappa shape index (κ1) is 28.2. The molecule has 1 N–H and O–H groups in total. The highest BCUT2D eigenvalue weighted by Crippen LogP contribution is 2.50. The van der Waals surface area contributed by atoms with E-state index in [1.54, 1.807) is 0 Å². The summed E-state index contributed by atoms with van der Waals surface area (Å²) in [6, 6.07) is -0.479. The highest BCUT2D eigenvalue weighted by Gasteiger charge is 2.59. The molecule has 9 heteroatoms. The molecule has 8 nitrogen and oxygen atoms in total. The molecule has 41 heavy (non-hydrogen) atoms. The van der Waals surface area contributed by atoms with Crippen molar-refractivity contribution in [2.24, 2.45) is 17.8 Å². The number of piperidine rings is 1. The van der Waals surface area contributed by atoms with Crippen molar-refractivity contribution in [3.05, 3.63) is 11.8 Å². The molecule has 9 unspecified atom stereocenters. The maximum atomic E-state index is 16.1. The van der Waals surface area contributed by atoms with Crippen molar-refractivity contribution in [2.45, 2.75) is 107 Å². The molecule has 3 aliphatic carbocycles. The molecule has 9 atom stereocenters. The summed E-state index contributed by atoms with van der Waals surface area (Å²) in [6.07, 6.45) is 11.8. The van der Waals surface area contributed by atoms with E-state index in [0.29, 0.717) is 30.5 Å². The number of likely N-dealkylation sites (tertiary alicyclic amines) is 1. The van der Waals surface area contributed by atoms with Crippen molar-refractivity contribution >= 4 is 11.7 Å². The zero-order valence-corrected chi connectivity index (χ0v) is 24.6. The molecule has 4 heterocycles. The minimum Gasteiger partial charge on any atom is -0.379 e. The number of nitrogens with zero attached hydrogens (tertiary/aromatic N) is 3. The van der Waals surface area contributed by atoms with E-state index in [0.717, 1.165) is 77.9 Å². The van der Waals surface area contributed by atoms with Crippen LogP contribution in [-0.2, 0) is 19.1 Å². The van der Waals surface area contributed by atoms with Gasteiger partial charge in [0.15, 0.2) is 5.78 Å². The molecule has 3 saturated heterocycles. The van der Waals surface area contributed by atoms with E-state index in [4.69, 9.17) is 9.47 Å². The van der Waals surface area contributed by atoms with Gasteiger partial charge < -0.3 is 24.6 Å². The number of rotatable bonds is 6. The van der Waals surface area contributed by atoms with Crippen LogP contribution >= 0.6 is 0 Å². The third-order valence-corrected chi connectivity index (χ3v) is 11.5. The number of ketones is 1. The molecular weight excluding hydrogens is 523 g/mol. The largest absolute Gasteiger partial charge is 0.379 e. The summed E-state index contributed by atoms with van der Waals surface area (Å²) < 4.78 is 28.5. The quantitative estimate of drug-likeness (QED) is 0.388. The number of nitrogens with one attached hydrogen (secondary N) is 1.